The fourth-order valence-electron chi connectivity index (χ4n) is 1.71. The molecule has 0 unspecified atom stereocenters. The zero-order chi connectivity index (χ0) is 11.5. The molecule has 3 nitrogen and oxygen atoms in total. The van der Waals surface area contributed by atoms with E-state index in [1.54, 1.807) is 12.1 Å². The number of nitrogens with one attached hydrogen (secondary N) is 2. The molecule has 1 aromatic carbocycles. The van der Waals surface area contributed by atoms with Crippen LogP contribution < -0.4 is 10.6 Å². The zero-order valence-electron chi connectivity index (χ0n) is 8.59. The molecule has 1 amide bonds. The molecule has 5 heteroatoms. The maximum Gasteiger partial charge on any atom is 0.252 e. The van der Waals surface area contributed by atoms with Gasteiger partial charge in [-0.15, -0.1) is 0 Å². The van der Waals surface area contributed by atoms with E-state index in [9.17, 15) is 4.79 Å². The van der Waals surface area contributed by atoms with Crippen molar-refractivity contribution >= 4 is 40.1 Å². The smallest absolute Gasteiger partial charge is 0.252 e. The number of carbonyl (C=O) groups is 1. The number of halogens is 2. The van der Waals surface area contributed by atoms with E-state index in [2.05, 4.69) is 33.2 Å². The summed E-state index contributed by atoms with van der Waals surface area (Å²) in [5.41, 5.74) is 0.653. The Hall–Kier alpha value is -0.330. The van der Waals surface area contributed by atoms with Gasteiger partial charge in [-0.3, -0.25) is 4.79 Å². The van der Waals surface area contributed by atoms with Gasteiger partial charge in [-0.2, -0.15) is 0 Å². The molecule has 1 aliphatic heterocycles. The maximum absolute atomic E-state index is 12.0. The third-order valence-corrected chi connectivity index (χ3v) is 3.74. The Balaban J connectivity index is 2.10. The molecule has 0 saturated carbocycles. The van der Waals surface area contributed by atoms with Crippen LogP contribution in [0.5, 0.6) is 0 Å². The minimum atomic E-state index is -0.0411. The molecule has 1 atom stereocenters. The summed E-state index contributed by atoms with van der Waals surface area (Å²) in [6.07, 6.45) is 0.989. The van der Waals surface area contributed by atoms with Crippen LogP contribution in [-0.2, 0) is 0 Å². The maximum atomic E-state index is 12.0. The predicted octanol–water partition coefficient (Wildman–Crippen LogP) is 2.04. The minimum absolute atomic E-state index is 0.0411. The van der Waals surface area contributed by atoms with E-state index in [1.807, 2.05) is 6.07 Å². The highest BCUT2D eigenvalue weighted by Crippen LogP contribution is 2.18. The van der Waals surface area contributed by atoms with Gasteiger partial charge in [0, 0.05) is 21.2 Å². The van der Waals surface area contributed by atoms with E-state index in [4.69, 9.17) is 11.6 Å². The van der Waals surface area contributed by atoms with Gasteiger partial charge < -0.3 is 10.6 Å². The largest absolute Gasteiger partial charge is 0.348 e. The van der Waals surface area contributed by atoms with Crippen molar-refractivity contribution < 1.29 is 4.79 Å². The van der Waals surface area contributed by atoms with Crippen molar-refractivity contribution in [3.05, 3.63) is 32.4 Å². The molecule has 0 spiro atoms. The van der Waals surface area contributed by atoms with Crippen LogP contribution in [0.3, 0.4) is 0 Å². The molecule has 0 radical (unpaired) electrons. The van der Waals surface area contributed by atoms with Gasteiger partial charge in [-0.1, -0.05) is 11.6 Å². The van der Waals surface area contributed by atoms with Gasteiger partial charge in [-0.25, -0.2) is 0 Å². The van der Waals surface area contributed by atoms with E-state index in [0.29, 0.717) is 10.6 Å². The fraction of sp³-hybridized carbons (Fsp3) is 0.364. The van der Waals surface area contributed by atoms with Crippen LogP contribution in [0.1, 0.15) is 16.8 Å². The highest BCUT2D eigenvalue weighted by atomic mass is 127. The second-order valence-electron chi connectivity index (χ2n) is 3.79. The standard InChI is InChI=1S/C11H12ClIN2O/c12-7-1-2-10(13)9(5-7)11(16)15-8-3-4-14-6-8/h1-2,5,8,14H,3-4,6H2,(H,15,16)/t8-/m0/s1. The van der Waals surface area contributed by atoms with Gasteiger partial charge in [0.1, 0.15) is 0 Å². The summed E-state index contributed by atoms with van der Waals surface area (Å²) in [6, 6.07) is 5.59. The molecule has 1 heterocycles. The Morgan fingerprint density at radius 3 is 3.06 bits per heavy atom. The van der Waals surface area contributed by atoms with Crippen LogP contribution in [0.25, 0.3) is 0 Å². The van der Waals surface area contributed by atoms with Gasteiger partial charge in [-0.05, 0) is 53.8 Å². The molecule has 0 aromatic heterocycles. The van der Waals surface area contributed by atoms with Crippen LogP contribution in [0.15, 0.2) is 18.2 Å². The quantitative estimate of drug-likeness (QED) is 0.802. The van der Waals surface area contributed by atoms with Gasteiger partial charge >= 0.3 is 0 Å². The highest BCUT2D eigenvalue weighted by Gasteiger charge is 2.18. The molecule has 2 rings (SSSR count). The summed E-state index contributed by atoms with van der Waals surface area (Å²) in [4.78, 5) is 12.0. The van der Waals surface area contributed by atoms with E-state index >= 15 is 0 Å². The topological polar surface area (TPSA) is 41.1 Å². The summed E-state index contributed by atoms with van der Waals surface area (Å²) in [5, 5.41) is 6.80. The molecule has 0 aliphatic carbocycles. The molecule has 1 saturated heterocycles. The molecule has 86 valence electrons. The van der Waals surface area contributed by atoms with Crippen molar-refractivity contribution in [2.75, 3.05) is 13.1 Å². The second-order valence-corrected chi connectivity index (χ2v) is 5.39. The van der Waals surface area contributed by atoms with Crippen molar-refractivity contribution in [3.63, 3.8) is 0 Å². The van der Waals surface area contributed by atoms with Crippen LogP contribution in [-0.4, -0.2) is 25.0 Å². The monoisotopic (exact) mass is 350 g/mol. The molecule has 1 aliphatic rings. The van der Waals surface area contributed by atoms with E-state index < -0.39 is 0 Å². The molecule has 1 aromatic rings. The predicted molar refractivity (Wildman–Crippen MR) is 72.9 cm³/mol. The number of benzene rings is 1. The first kappa shape index (κ1) is 12.1. The van der Waals surface area contributed by atoms with Crippen LogP contribution >= 0.6 is 34.2 Å². The lowest BCUT2D eigenvalue weighted by Crippen LogP contribution is -2.36. The fourth-order valence-corrected chi connectivity index (χ4v) is 2.47. The molecular weight excluding hydrogens is 338 g/mol. The average molecular weight is 351 g/mol. The van der Waals surface area contributed by atoms with Gasteiger partial charge in [0.25, 0.3) is 5.91 Å². The Kier molecular flexibility index (Phi) is 4.05. The third kappa shape index (κ3) is 2.87. The van der Waals surface area contributed by atoms with Gasteiger partial charge in [0.15, 0.2) is 0 Å². The Bertz CT molecular complexity index is 405. The third-order valence-electron chi connectivity index (χ3n) is 2.57. The summed E-state index contributed by atoms with van der Waals surface area (Å²) >= 11 is 8.03. The van der Waals surface area contributed by atoms with Crippen molar-refractivity contribution in [2.45, 2.75) is 12.5 Å². The van der Waals surface area contributed by atoms with Crippen molar-refractivity contribution in [1.82, 2.24) is 10.6 Å². The highest BCUT2D eigenvalue weighted by molar-refractivity contribution is 14.1. The molecule has 0 bridgehead atoms. The lowest BCUT2D eigenvalue weighted by atomic mass is 10.2. The molecule has 2 N–H and O–H groups in total. The SMILES string of the molecule is O=C(N[C@H]1CCNC1)c1cc(Cl)ccc1I. The van der Waals surface area contributed by atoms with Crippen LogP contribution in [0, 0.1) is 3.57 Å². The number of hydrogen-bond donors (Lipinski definition) is 2. The number of amides is 1. The molecule has 16 heavy (non-hydrogen) atoms. The van der Waals surface area contributed by atoms with Crippen molar-refractivity contribution in [1.29, 1.82) is 0 Å². The van der Waals surface area contributed by atoms with E-state index in [-0.39, 0.29) is 11.9 Å². The Morgan fingerprint density at radius 2 is 2.38 bits per heavy atom. The van der Waals surface area contributed by atoms with E-state index in [1.165, 1.54) is 0 Å². The number of carbonyl (C=O) groups excluding carboxylic acids is 1. The van der Waals surface area contributed by atoms with Gasteiger partial charge in [0.2, 0.25) is 0 Å². The van der Waals surface area contributed by atoms with Gasteiger partial charge in [0.05, 0.1) is 5.56 Å². The lowest BCUT2D eigenvalue weighted by molar-refractivity contribution is 0.0939. The van der Waals surface area contributed by atoms with E-state index in [0.717, 1.165) is 23.1 Å². The lowest BCUT2D eigenvalue weighted by Gasteiger charge is -2.12. The summed E-state index contributed by atoms with van der Waals surface area (Å²) < 4.78 is 0.922. The van der Waals surface area contributed by atoms with Crippen LogP contribution in [0.2, 0.25) is 5.02 Å². The Morgan fingerprint density at radius 1 is 1.56 bits per heavy atom. The molecule has 1 fully saturated rings. The summed E-state index contributed by atoms with van der Waals surface area (Å²) in [6.45, 7) is 1.82. The normalized spacial score (nSPS) is 19.8. The molecular formula is C11H12ClIN2O. The number of hydrogen-bond acceptors (Lipinski definition) is 2. The van der Waals surface area contributed by atoms with Crippen molar-refractivity contribution in [3.8, 4) is 0 Å². The zero-order valence-corrected chi connectivity index (χ0v) is 11.5. The first-order chi connectivity index (χ1) is 7.66. The second kappa shape index (κ2) is 5.33. The summed E-state index contributed by atoms with van der Waals surface area (Å²) in [7, 11) is 0. The first-order valence-electron chi connectivity index (χ1n) is 5.13. The minimum Gasteiger partial charge on any atom is -0.348 e. The average Bonchev–Trinajstić information content (AvgIpc) is 2.74. The Labute approximate surface area is 113 Å². The van der Waals surface area contributed by atoms with Crippen molar-refractivity contribution in [2.24, 2.45) is 0 Å². The first-order valence-corrected chi connectivity index (χ1v) is 6.59. The number of rotatable bonds is 2. The summed E-state index contributed by atoms with van der Waals surface area (Å²) in [5.74, 6) is -0.0411. The van der Waals surface area contributed by atoms with Crippen LogP contribution in [0.4, 0.5) is 0 Å².